The largest absolute Gasteiger partial charge is 0.247 e. The van der Waals surface area contributed by atoms with E-state index in [1.54, 1.807) is 0 Å². The Labute approximate surface area is 170 Å². The van der Waals surface area contributed by atoms with Crippen molar-refractivity contribution >= 4 is 23.2 Å². The summed E-state index contributed by atoms with van der Waals surface area (Å²) in [6.45, 7) is 11.7. The fraction of sp³-hybridized carbons (Fsp3) is 0.455. The number of hydrazine groups is 1. The van der Waals surface area contributed by atoms with Gasteiger partial charge >= 0.3 is 0 Å². The molecule has 0 unspecified atom stereocenters. The first-order valence-electron chi connectivity index (χ1n) is 9.44. The molecule has 0 amide bonds. The topological polar surface area (TPSA) is 6.48 Å². The van der Waals surface area contributed by atoms with Gasteiger partial charge in [0.25, 0.3) is 0 Å². The molecule has 146 valence electrons. The second kappa shape index (κ2) is 14.1. The first-order chi connectivity index (χ1) is 12.5. The molecule has 0 aromatic heterocycles. The van der Waals surface area contributed by atoms with E-state index in [1.807, 2.05) is 60.0 Å². The quantitative estimate of drug-likeness (QED) is 0.480. The molecule has 0 aliphatic rings. The summed E-state index contributed by atoms with van der Waals surface area (Å²) in [5.41, 5.74) is 3.61. The number of nitrogens with zero attached hydrogens (tertiary/aromatic N) is 2. The van der Waals surface area contributed by atoms with Crippen LogP contribution in [0, 0.1) is 0 Å². The summed E-state index contributed by atoms with van der Waals surface area (Å²) in [5.74, 6) is 0. The zero-order chi connectivity index (χ0) is 20.1. The molecule has 0 radical (unpaired) electrons. The molecule has 0 fully saturated rings. The van der Waals surface area contributed by atoms with Crippen LogP contribution in [-0.2, 0) is 19.5 Å². The average Bonchev–Trinajstić information content (AvgIpc) is 2.67. The number of hydrogen-bond donors (Lipinski definition) is 0. The highest BCUT2D eigenvalue weighted by Gasteiger charge is 2.14. The highest BCUT2D eigenvalue weighted by molar-refractivity contribution is 6.35. The Kier molecular flexibility index (Phi) is 13.5. The number of halogens is 2. The van der Waals surface area contributed by atoms with Crippen LogP contribution in [0.15, 0.2) is 42.5 Å². The van der Waals surface area contributed by atoms with Gasteiger partial charge in [-0.2, -0.15) is 0 Å². The van der Waals surface area contributed by atoms with E-state index in [4.69, 9.17) is 23.2 Å². The van der Waals surface area contributed by atoms with Crippen LogP contribution in [0.2, 0.25) is 10.0 Å². The van der Waals surface area contributed by atoms with E-state index in [0.29, 0.717) is 16.6 Å². The van der Waals surface area contributed by atoms with Crippen molar-refractivity contribution in [1.29, 1.82) is 0 Å². The van der Waals surface area contributed by atoms with E-state index < -0.39 is 0 Å². The molecule has 2 aromatic carbocycles. The third-order valence-corrected chi connectivity index (χ3v) is 4.44. The zero-order valence-corrected chi connectivity index (χ0v) is 18.8. The lowest BCUT2D eigenvalue weighted by molar-refractivity contribution is 0.00737. The summed E-state index contributed by atoms with van der Waals surface area (Å²) in [6, 6.07) is 14.3. The normalized spacial score (nSPS) is 10.1. The summed E-state index contributed by atoms with van der Waals surface area (Å²) < 4.78 is 0. The molecule has 0 atom stereocenters. The summed E-state index contributed by atoms with van der Waals surface area (Å²) in [5, 5.41) is 5.73. The molecule has 0 bridgehead atoms. The smallest absolute Gasteiger partial charge is 0.0466 e. The maximum Gasteiger partial charge on any atom is 0.0466 e. The van der Waals surface area contributed by atoms with Crippen LogP contribution in [0.25, 0.3) is 0 Å². The molecule has 0 saturated heterocycles. The van der Waals surface area contributed by atoms with Gasteiger partial charge in [-0.15, -0.1) is 0 Å². The Morgan fingerprint density at radius 3 is 1.77 bits per heavy atom. The zero-order valence-electron chi connectivity index (χ0n) is 17.3. The fourth-order valence-electron chi connectivity index (χ4n) is 2.36. The lowest BCUT2D eigenvalue weighted by Crippen LogP contribution is -2.36. The van der Waals surface area contributed by atoms with Gasteiger partial charge in [-0.3, -0.25) is 0 Å². The average molecular weight is 397 g/mol. The lowest BCUT2D eigenvalue weighted by Gasteiger charge is -2.30. The Morgan fingerprint density at radius 1 is 0.769 bits per heavy atom. The predicted molar refractivity (Wildman–Crippen MR) is 118 cm³/mol. The van der Waals surface area contributed by atoms with Gasteiger partial charge in [0.05, 0.1) is 0 Å². The third-order valence-electron chi connectivity index (χ3n) is 3.73. The first kappa shape index (κ1) is 24.9. The molecule has 0 N–H and O–H groups in total. The molecular weight excluding hydrogens is 363 g/mol. The number of rotatable bonds is 6. The van der Waals surface area contributed by atoms with Crippen molar-refractivity contribution in [1.82, 2.24) is 10.0 Å². The standard InChI is InChI=1S/C18H22Cl2N2.2C2H6/c1-4-14-7-5-8-15(11-14)12-22(21(2)3)13-16-17(19)9-6-10-18(16)20;2*1-2/h5-11H,4,12-13H2,1-3H3;2*1-2H3. The second-order valence-corrected chi connectivity index (χ2v) is 6.36. The van der Waals surface area contributed by atoms with Gasteiger partial charge in [-0.25, -0.2) is 10.0 Å². The van der Waals surface area contributed by atoms with Crippen molar-refractivity contribution in [3.05, 3.63) is 69.2 Å². The minimum absolute atomic E-state index is 0.682. The first-order valence-corrected chi connectivity index (χ1v) is 10.2. The number of aryl methyl sites for hydroxylation is 1. The highest BCUT2D eigenvalue weighted by atomic mass is 35.5. The van der Waals surface area contributed by atoms with Crippen LogP contribution >= 0.6 is 23.2 Å². The van der Waals surface area contributed by atoms with E-state index in [-0.39, 0.29) is 0 Å². The summed E-state index contributed by atoms with van der Waals surface area (Å²) >= 11 is 12.6. The van der Waals surface area contributed by atoms with Crippen LogP contribution < -0.4 is 0 Å². The molecule has 0 aliphatic heterocycles. The highest BCUT2D eigenvalue weighted by Crippen LogP contribution is 2.26. The van der Waals surface area contributed by atoms with Gasteiger partial charge < -0.3 is 0 Å². The van der Waals surface area contributed by atoms with E-state index in [2.05, 4.69) is 41.2 Å². The molecule has 26 heavy (non-hydrogen) atoms. The molecule has 2 aromatic rings. The van der Waals surface area contributed by atoms with Gasteiger partial charge in [0.1, 0.15) is 0 Å². The minimum atomic E-state index is 0.682. The molecule has 4 heteroatoms. The molecule has 2 rings (SSSR count). The van der Waals surface area contributed by atoms with Gasteiger partial charge in [0.15, 0.2) is 0 Å². The maximum atomic E-state index is 6.30. The predicted octanol–water partition coefficient (Wildman–Crippen LogP) is 7.09. The summed E-state index contributed by atoms with van der Waals surface area (Å²) in [7, 11) is 4.07. The third kappa shape index (κ3) is 8.09. The molecule has 0 aliphatic carbocycles. The Bertz CT molecular complexity index is 607. The van der Waals surface area contributed by atoms with E-state index in [9.17, 15) is 0 Å². The summed E-state index contributed by atoms with van der Waals surface area (Å²) in [6.07, 6.45) is 1.05. The monoisotopic (exact) mass is 396 g/mol. The summed E-state index contributed by atoms with van der Waals surface area (Å²) in [4.78, 5) is 0. The Hall–Kier alpha value is -1.06. The van der Waals surface area contributed by atoms with Gasteiger partial charge in [0.2, 0.25) is 0 Å². The lowest BCUT2D eigenvalue weighted by atomic mass is 10.1. The Morgan fingerprint density at radius 2 is 1.27 bits per heavy atom. The van der Waals surface area contributed by atoms with Gasteiger partial charge in [-0.1, -0.05) is 88.2 Å². The van der Waals surface area contributed by atoms with Gasteiger partial charge in [0, 0.05) is 42.8 Å². The van der Waals surface area contributed by atoms with Crippen molar-refractivity contribution in [3.63, 3.8) is 0 Å². The van der Waals surface area contributed by atoms with Crippen molar-refractivity contribution in [2.75, 3.05) is 14.1 Å². The van der Waals surface area contributed by atoms with Crippen molar-refractivity contribution in [2.24, 2.45) is 0 Å². The van der Waals surface area contributed by atoms with Crippen LogP contribution in [0.3, 0.4) is 0 Å². The number of benzene rings is 2. The van der Waals surface area contributed by atoms with Gasteiger partial charge in [-0.05, 0) is 29.7 Å². The fourth-order valence-corrected chi connectivity index (χ4v) is 2.88. The van der Waals surface area contributed by atoms with Crippen LogP contribution in [0.4, 0.5) is 0 Å². The van der Waals surface area contributed by atoms with Crippen molar-refractivity contribution in [2.45, 2.75) is 54.1 Å². The SMILES string of the molecule is CC.CC.CCc1cccc(CN(Cc2c(Cl)cccc2Cl)N(C)C)c1. The minimum Gasteiger partial charge on any atom is -0.247 e. The van der Waals surface area contributed by atoms with Crippen LogP contribution in [0.5, 0.6) is 0 Å². The number of hydrogen-bond acceptors (Lipinski definition) is 2. The van der Waals surface area contributed by atoms with Crippen molar-refractivity contribution in [3.8, 4) is 0 Å². The van der Waals surface area contributed by atoms with Crippen molar-refractivity contribution < 1.29 is 0 Å². The Balaban J connectivity index is 0.00000146. The molecular formula is C22H34Cl2N2. The molecule has 2 nitrogen and oxygen atoms in total. The van der Waals surface area contributed by atoms with E-state index >= 15 is 0 Å². The second-order valence-electron chi connectivity index (χ2n) is 5.54. The molecule has 0 saturated carbocycles. The van der Waals surface area contributed by atoms with E-state index in [0.717, 1.165) is 18.5 Å². The molecule has 0 heterocycles. The maximum absolute atomic E-state index is 6.30. The van der Waals surface area contributed by atoms with Crippen LogP contribution in [0.1, 0.15) is 51.3 Å². The van der Waals surface area contributed by atoms with E-state index in [1.165, 1.54) is 11.1 Å². The van der Waals surface area contributed by atoms with Crippen LogP contribution in [-0.4, -0.2) is 24.1 Å². The molecule has 0 spiro atoms.